The zero-order valence-corrected chi connectivity index (χ0v) is 33.3. The van der Waals surface area contributed by atoms with Gasteiger partial charge in [0.2, 0.25) is 0 Å². The molecule has 10 nitrogen and oxygen atoms in total. The van der Waals surface area contributed by atoms with Gasteiger partial charge in [-0.2, -0.15) is 0 Å². The van der Waals surface area contributed by atoms with Crippen LogP contribution in [0.5, 0.6) is 0 Å². The van der Waals surface area contributed by atoms with Gasteiger partial charge in [0.25, 0.3) is 11.8 Å². The first-order valence-electron chi connectivity index (χ1n) is 19.5. The Morgan fingerprint density at radius 2 is 1.08 bits per heavy atom. The van der Waals surface area contributed by atoms with Crippen LogP contribution in [-0.2, 0) is 12.8 Å². The number of nitrogens with one attached hydrogen (secondary N) is 4. The molecule has 0 saturated heterocycles. The number of hydrogen-bond acceptors (Lipinski definition) is 6. The van der Waals surface area contributed by atoms with Crippen molar-refractivity contribution >= 4 is 63.4 Å². The van der Waals surface area contributed by atoms with Gasteiger partial charge in [-0.25, -0.2) is 9.97 Å². The first kappa shape index (κ1) is 39.8. The largest absolute Gasteiger partial charge is 0.488 e. The summed E-state index contributed by atoms with van der Waals surface area (Å²) in [5.41, 5.74) is 12.8. The van der Waals surface area contributed by atoms with Gasteiger partial charge in [-0.05, 0) is 46.9 Å². The molecule has 0 atom stereocenters. The minimum Gasteiger partial charge on any atom is -0.423 e. The molecule has 4 aromatic heterocycles. The lowest BCUT2D eigenvalue weighted by Gasteiger charge is -2.11. The van der Waals surface area contributed by atoms with Gasteiger partial charge in [0, 0.05) is 76.2 Å². The number of rotatable bonds is 6. The molecule has 2 amide bonds. The first-order chi connectivity index (χ1) is 29.1. The second kappa shape index (κ2) is 17.4. The van der Waals surface area contributed by atoms with Gasteiger partial charge in [-0.1, -0.05) is 128 Å². The number of carbonyl (C=O) groups excluding carboxylic acids is 2. The van der Waals surface area contributed by atoms with Crippen molar-refractivity contribution in [3.63, 3.8) is 0 Å². The van der Waals surface area contributed by atoms with Gasteiger partial charge in [0.05, 0.1) is 27.9 Å². The van der Waals surface area contributed by atoms with Crippen molar-refractivity contribution < 1.29 is 19.6 Å². The third kappa shape index (κ3) is 8.41. The van der Waals surface area contributed by atoms with Crippen LogP contribution in [-0.4, -0.2) is 62.0 Å². The maximum atomic E-state index is 12.1. The number of benzene rings is 4. The van der Waals surface area contributed by atoms with E-state index in [1.165, 1.54) is 0 Å². The van der Waals surface area contributed by atoms with Crippen molar-refractivity contribution in [3.05, 3.63) is 191 Å². The number of carbonyl (C=O) groups is 2. The molecule has 10 rings (SSSR count). The van der Waals surface area contributed by atoms with Crippen LogP contribution in [0.1, 0.15) is 48.9 Å². The Balaban J connectivity index is 0.000000137. The molecule has 0 fully saturated rings. The Bertz CT molecular complexity index is 2910. The molecule has 2 aliphatic rings. The Morgan fingerprint density at radius 3 is 1.60 bits per heavy atom. The molecule has 0 spiro atoms. The molecule has 6 N–H and O–H groups in total. The van der Waals surface area contributed by atoms with Gasteiger partial charge < -0.3 is 30.6 Å². The normalized spacial score (nSPS) is 12.8. The monoisotopic (exact) mass is 810 g/mol. The summed E-state index contributed by atoms with van der Waals surface area (Å²) in [6.07, 6.45) is 1.63. The molecule has 0 unspecified atom stereocenters. The predicted molar refractivity (Wildman–Crippen MR) is 240 cm³/mol. The number of hydrogen-bond donors (Lipinski definition) is 6. The van der Waals surface area contributed by atoms with E-state index in [1.54, 1.807) is 18.2 Å². The molecular weight excluding hydrogens is 771 g/mol. The van der Waals surface area contributed by atoms with E-state index in [4.69, 9.17) is 26.6 Å². The van der Waals surface area contributed by atoms with Crippen LogP contribution in [0, 0.1) is 0 Å². The fourth-order valence-electron chi connectivity index (χ4n) is 7.34. The summed E-state index contributed by atoms with van der Waals surface area (Å²) >= 11 is 6.02. The summed E-state index contributed by atoms with van der Waals surface area (Å²) in [6, 6.07) is 42.8. The number of pyridine rings is 2. The fraction of sp³-hybridized carbons (Fsp3) is 0.0833. The van der Waals surface area contributed by atoms with Crippen LogP contribution in [0.3, 0.4) is 0 Å². The minimum absolute atomic E-state index is 0.0184. The van der Waals surface area contributed by atoms with Crippen LogP contribution in [0.25, 0.3) is 55.4 Å². The number of aromatic nitrogens is 4. The van der Waals surface area contributed by atoms with Crippen LogP contribution >= 0.6 is 11.6 Å². The second-order valence-electron chi connectivity index (χ2n) is 14.4. The van der Waals surface area contributed by atoms with Crippen molar-refractivity contribution in [2.45, 2.75) is 12.8 Å². The van der Waals surface area contributed by atoms with E-state index in [0.29, 0.717) is 23.7 Å². The number of halogens is 1. The summed E-state index contributed by atoms with van der Waals surface area (Å²) in [5.74, 6) is -0.0416. The molecular formula is C48H40BClN6O4. The highest BCUT2D eigenvalue weighted by atomic mass is 35.5. The Kier molecular flexibility index (Phi) is 11.6. The van der Waals surface area contributed by atoms with Crippen molar-refractivity contribution in [2.75, 3.05) is 13.1 Å². The van der Waals surface area contributed by atoms with E-state index in [2.05, 4.69) is 50.9 Å². The molecule has 2 aliphatic heterocycles. The third-order valence-electron chi connectivity index (χ3n) is 10.5. The van der Waals surface area contributed by atoms with Crippen LogP contribution in [0.4, 0.5) is 0 Å². The third-order valence-corrected chi connectivity index (χ3v) is 10.7. The molecule has 0 radical (unpaired) electrons. The maximum Gasteiger partial charge on any atom is 0.488 e. The van der Waals surface area contributed by atoms with Crippen molar-refractivity contribution in [3.8, 4) is 22.5 Å². The SMILES string of the molecule is C=C(B(O)O)c1ccccc1.C=C(c1ccccc1)c1ccc2cccc(-c3cc4c([nH]3)CCNC4=O)c2n1.O=C1NCCc2[nH]c(-c3cccc4ccc(Cl)nc34)cc21. The van der Waals surface area contributed by atoms with Gasteiger partial charge in [0.1, 0.15) is 5.15 Å². The van der Waals surface area contributed by atoms with Crippen LogP contribution in [0.15, 0.2) is 147 Å². The molecule has 60 heavy (non-hydrogen) atoms. The highest BCUT2D eigenvalue weighted by Gasteiger charge is 2.22. The number of para-hydroxylation sites is 2. The van der Waals surface area contributed by atoms with E-state index in [0.717, 1.165) is 102 Å². The Hall–Kier alpha value is -7.05. The van der Waals surface area contributed by atoms with Gasteiger partial charge in [-0.15, -0.1) is 0 Å². The van der Waals surface area contributed by atoms with E-state index < -0.39 is 7.12 Å². The lowest BCUT2D eigenvalue weighted by molar-refractivity contribution is 0.0937. The molecule has 0 aliphatic carbocycles. The van der Waals surface area contributed by atoms with Gasteiger partial charge in [0.15, 0.2) is 0 Å². The summed E-state index contributed by atoms with van der Waals surface area (Å²) in [6.45, 7) is 9.11. The second-order valence-corrected chi connectivity index (χ2v) is 14.7. The van der Waals surface area contributed by atoms with Crippen LogP contribution < -0.4 is 10.6 Å². The average Bonchev–Trinajstić information content (AvgIpc) is 3.93. The summed E-state index contributed by atoms with van der Waals surface area (Å²) < 4.78 is 0. The van der Waals surface area contributed by atoms with E-state index in [-0.39, 0.29) is 11.8 Å². The highest BCUT2D eigenvalue weighted by molar-refractivity contribution is 6.65. The zero-order valence-electron chi connectivity index (χ0n) is 32.5. The number of amides is 2. The smallest absolute Gasteiger partial charge is 0.423 e. The number of aromatic amines is 2. The highest BCUT2D eigenvalue weighted by Crippen LogP contribution is 2.32. The Labute approximate surface area is 351 Å². The maximum absolute atomic E-state index is 12.1. The molecule has 4 aromatic carbocycles. The Morgan fingerprint density at radius 1 is 0.583 bits per heavy atom. The van der Waals surface area contributed by atoms with Crippen molar-refractivity contribution in [1.82, 2.24) is 30.6 Å². The summed E-state index contributed by atoms with van der Waals surface area (Å²) in [4.78, 5) is 40.1. The molecule has 12 heteroatoms. The van der Waals surface area contributed by atoms with Gasteiger partial charge >= 0.3 is 7.12 Å². The standard InChI is InChI=1S/C24H19N3O.C16H12ClN3O.C8H9BO2/c1-15(16-6-3-2-4-7-16)20-11-10-17-8-5-9-18(23(17)27-20)22-14-19-21(26-22)12-13-25-24(19)28;17-14-5-4-9-2-1-3-10(15(9)20-14)13-8-11-12(19-13)6-7-18-16(11)21;1-7(9(10)11)8-5-3-2-4-6-8/h2-11,14,26H,1,12-13H2,(H,25,28);1-5,8,19H,6-7H2,(H,18,21);2-6,10-11H,1H2. The topological polar surface area (TPSA) is 156 Å². The first-order valence-corrected chi connectivity index (χ1v) is 19.8. The number of H-pyrrole nitrogens is 2. The summed E-state index contributed by atoms with van der Waals surface area (Å²) in [7, 11) is -1.46. The average molecular weight is 811 g/mol. The predicted octanol–water partition coefficient (Wildman–Crippen LogP) is 8.46. The lowest BCUT2D eigenvalue weighted by atomic mass is 9.76. The summed E-state index contributed by atoms with van der Waals surface area (Å²) in [5, 5.41) is 25.7. The molecule has 296 valence electrons. The van der Waals surface area contributed by atoms with Crippen molar-refractivity contribution in [2.24, 2.45) is 0 Å². The quantitative estimate of drug-likeness (QED) is 0.0732. The lowest BCUT2D eigenvalue weighted by Crippen LogP contribution is -2.31. The number of nitrogens with zero attached hydrogens (tertiary/aromatic N) is 2. The van der Waals surface area contributed by atoms with E-state index in [9.17, 15) is 9.59 Å². The van der Waals surface area contributed by atoms with E-state index >= 15 is 0 Å². The van der Waals surface area contributed by atoms with Crippen LogP contribution in [0.2, 0.25) is 5.15 Å². The molecule has 8 aromatic rings. The van der Waals surface area contributed by atoms with Gasteiger partial charge in [-0.3, -0.25) is 9.59 Å². The molecule has 0 bridgehead atoms. The molecule has 6 heterocycles. The zero-order chi connectivity index (χ0) is 41.8. The minimum atomic E-state index is -1.46. The molecule has 0 saturated carbocycles. The van der Waals surface area contributed by atoms with E-state index in [1.807, 2.05) is 103 Å². The fourth-order valence-corrected chi connectivity index (χ4v) is 7.49. The number of fused-ring (bicyclic) bond motifs is 4. The van der Waals surface area contributed by atoms with Crippen molar-refractivity contribution in [1.29, 1.82) is 0 Å².